The lowest BCUT2D eigenvalue weighted by Crippen LogP contribution is -2.37. The number of rotatable bonds is 15. The van der Waals surface area contributed by atoms with Crippen molar-refractivity contribution < 1.29 is 14.0 Å². The van der Waals surface area contributed by atoms with Gasteiger partial charge >= 0.3 is 6.09 Å². The molecule has 1 atom stereocenters. The van der Waals surface area contributed by atoms with Crippen LogP contribution in [0.2, 0.25) is 0 Å². The number of pyridine rings is 1. The SMILES string of the molecule is [3H]SS[C@H](C)COC(=O)Nc1ccc(C[N+](C)(C)Cc2ccc(Cc3ccc4nc(N)nc(NCCCC)c4n3)cc2)cc1. The number of ether oxygens (including phenoxy) is 1. The van der Waals surface area contributed by atoms with E-state index in [1.807, 2.05) is 43.3 Å². The minimum absolute atomic E-state index is 0.0610. The molecule has 4 aromatic rings. The van der Waals surface area contributed by atoms with Gasteiger partial charge in [-0.1, -0.05) is 60.5 Å². The average Bonchev–Trinajstić information content (AvgIpc) is 2.98. The van der Waals surface area contributed by atoms with Gasteiger partial charge in [0.1, 0.15) is 26.3 Å². The van der Waals surface area contributed by atoms with Crippen LogP contribution < -0.4 is 16.4 Å². The maximum atomic E-state index is 12.1. The van der Waals surface area contributed by atoms with Gasteiger partial charge in [-0.25, -0.2) is 14.8 Å². The van der Waals surface area contributed by atoms with Gasteiger partial charge in [-0.2, -0.15) is 4.98 Å². The third-order valence-electron chi connectivity index (χ3n) is 6.88. The summed E-state index contributed by atoms with van der Waals surface area (Å²) in [5.74, 6) is 0.933. The van der Waals surface area contributed by atoms with Gasteiger partial charge in [0.15, 0.2) is 5.82 Å². The molecule has 4 rings (SSSR count). The number of nitrogens with one attached hydrogen (secondary N) is 2. The highest BCUT2D eigenvalue weighted by Crippen LogP contribution is 2.22. The van der Waals surface area contributed by atoms with Gasteiger partial charge in [0, 0.05) is 40.7 Å². The largest absolute Gasteiger partial charge is 0.448 e. The van der Waals surface area contributed by atoms with E-state index in [1.54, 1.807) is 0 Å². The molecule has 4 N–H and O–H groups in total. The van der Waals surface area contributed by atoms with Crippen molar-refractivity contribution in [3.8, 4) is 0 Å². The molecule has 228 valence electrons. The first-order chi connectivity index (χ1) is 21.1. The number of anilines is 3. The van der Waals surface area contributed by atoms with Crippen molar-refractivity contribution in [2.24, 2.45) is 0 Å². The van der Waals surface area contributed by atoms with E-state index in [-0.39, 0.29) is 17.8 Å². The van der Waals surface area contributed by atoms with Crippen LogP contribution in [0.5, 0.6) is 0 Å². The van der Waals surface area contributed by atoms with E-state index in [0.29, 0.717) is 17.9 Å². The predicted molar refractivity (Wildman–Crippen MR) is 181 cm³/mol. The third kappa shape index (κ3) is 10.0. The zero-order chi connectivity index (χ0) is 31.5. The van der Waals surface area contributed by atoms with Crippen LogP contribution in [0.3, 0.4) is 0 Å². The molecule has 9 nitrogen and oxygen atoms in total. The standard InChI is InChI=1S/C32H41N7O2S2/c1-5-6-17-34-30-29-28(37-31(33)38-30)16-15-27(35-29)18-23-7-9-24(10-8-23)19-39(3,4)20-25-11-13-26(14-12-25)36-32(40)41-21-22(2)43-42/h7-16,22H,5-6,17-21H2,1-4H3,(H4-,33,34,36,37,38,40,42)/p+1/t22-/m1/s1/i/hT. The number of nitrogens with zero attached hydrogens (tertiary/aromatic N) is 4. The summed E-state index contributed by atoms with van der Waals surface area (Å²) in [7, 11) is 5.78. The topological polar surface area (TPSA) is 115 Å². The molecule has 11 heteroatoms. The Morgan fingerprint density at radius 2 is 1.70 bits per heavy atom. The molecule has 2 heterocycles. The Morgan fingerprint density at radius 3 is 2.37 bits per heavy atom. The quantitative estimate of drug-likeness (QED) is 0.0501. The minimum atomic E-state index is -0.487. The first-order valence-electron chi connectivity index (χ1n) is 14.9. The highest BCUT2D eigenvalue weighted by Gasteiger charge is 2.17. The Kier molecular flexibility index (Phi) is 11.0. The second-order valence-corrected chi connectivity index (χ2v) is 13.0. The van der Waals surface area contributed by atoms with Gasteiger partial charge in [-0.15, -0.1) is 11.6 Å². The fraction of sp³-hybridized carbons (Fsp3) is 0.375. The Morgan fingerprint density at radius 1 is 1.02 bits per heavy atom. The first kappa shape index (κ1) is 30.9. The van der Waals surface area contributed by atoms with E-state index in [0.717, 1.165) is 65.3 Å². The third-order valence-corrected chi connectivity index (χ3v) is 8.33. The van der Waals surface area contributed by atoms with Crippen molar-refractivity contribution in [1.82, 2.24) is 15.0 Å². The predicted octanol–water partition coefficient (Wildman–Crippen LogP) is 6.70. The van der Waals surface area contributed by atoms with Crippen LogP contribution in [0.4, 0.5) is 22.2 Å². The Hall–Kier alpha value is -3.54. The van der Waals surface area contributed by atoms with Crippen LogP contribution >= 0.6 is 22.4 Å². The number of carbonyl (C=O) groups excluding carboxylic acids is 1. The lowest BCUT2D eigenvalue weighted by molar-refractivity contribution is -0.916. The maximum absolute atomic E-state index is 12.1. The zero-order valence-corrected chi connectivity index (χ0v) is 26.9. The van der Waals surface area contributed by atoms with Crippen LogP contribution in [0.25, 0.3) is 11.0 Å². The molecular weight excluding hydrogens is 579 g/mol. The molecule has 0 fully saturated rings. The van der Waals surface area contributed by atoms with Crippen LogP contribution in [-0.4, -0.2) is 59.1 Å². The molecule has 0 unspecified atom stereocenters. The summed E-state index contributed by atoms with van der Waals surface area (Å²) in [5.41, 5.74) is 12.7. The van der Waals surface area contributed by atoms with E-state index < -0.39 is 6.09 Å². The number of hydrogen-bond acceptors (Lipinski definition) is 9. The molecular formula is C32H42N7O2S2+. The van der Waals surface area contributed by atoms with Crippen molar-refractivity contribution in [2.75, 3.05) is 43.6 Å². The van der Waals surface area contributed by atoms with E-state index in [4.69, 9.17) is 16.6 Å². The number of carbonyl (C=O) groups is 1. The van der Waals surface area contributed by atoms with Gasteiger partial charge < -0.3 is 20.3 Å². The monoisotopic (exact) mass is 622 g/mol. The Labute approximate surface area is 264 Å². The number of unbranched alkanes of at least 4 members (excludes halogenated alkanes) is 1. The minimum Gasteiger partial charge on any atom is -0.448 e. The molecule has 0 saturated heterocycles. The Balaban J connectivity index is 1.32. The molecule has 2 aromatic heterocycles. The fourth-order valence-corrected chi connectivity index (χ4v) is 5.05. The molecule has 0 saturated carbocycles. The Bertz CT molecular complexity index is 1520. The summed E-state index contributed by atoms with van der Waals surface area (Å²) < 4.78 is 13.2. The van der Waals surface area contributed by atoms with E-state index in [2.05, 4.69) is 65.9 Å². The molecule has 0 radical (unpaired) electrons. The second-order valence-electron chi connectivity index (χ2n) is 11.5. The van der Waals surface area contributed by atoms with E-state index in [9.17, 15) is 4.79 Å². The van der Waals surface area contributed by atoms with Crippen LogP contribution in [0.1, 0.15) is 49.1 Å². The smallest absolute Gasteiger partial charge is 0.411 e. The molecule has 43 heavy (non-hydrogen) atoms. The van der Waals surface area contributed by atoms with Crippen molar-refractivity contribution in [3.05, 3.63) is 83.0 Å². The van der Waals surface area contributed by atoms with Crippen LogP contribution in [0, 0.1) is 0 Å². The van der Waals surface area contributed by atoms with E-state index >= 15 is 0 Å². The van der Waals surface area contributed by atoms with Crippen molar-refractivity contribution in [3.63, 3.8) is 0 Å². The number of quaternary nitrogens is 1. The normalized spacial score (nSPS) is 12.5. The van der Waals surface area contributed by atoms with Gasteiger partial charge in [-0.05, 0) is 43.2 Å². The summed E-state index contributed by atoms with van der Waals surface area (Å²) in [4.78, 5) is 25.7. The molecule has 2 aromatic carbocycles. The summed E-state index contributed by atoms with van der Waals surface area (Å²) in [5, 5.41) is 6.19. The molecule has 0 aliphatic rings. The molecule has 0 bridgehead atoms. The van der Waals surface area contributed by atoms with Crippen LogP contribution in [0.15, 0.2) is 60.7 Å². The van der Waals surface area contributed by atoms with Crippen LogP contribution in [-0.2, 0) is 24.2 Å². The fourth-order valence-electron chi connectivity index (χ4n) is 4.76. The van der Waals surface area contributed by atoms with E-state index in [1.165, 1.54) is 27.5 Å². The van der Waals surface area contributed by atoms with Crippen molar-refractivity contribution in [2.45, 2.75) is 51.4 Å². The van der Waals surface area contributed by atoms with Crippen molar-refractivity contribution in [1.29, 1.82) is 1.12 Å². The van der Waals surface area contributed by atoms with Gasteiger partial charge in [0.2, 0.25) is 5.95 Å². The number of fused-ring (bicyclic) bond motifs is 1. The molecule has 0 aliphatic carbocycles. The van der Waals surface area contributed by atoms with Gasteiger partial charge in [0.25, 0.3) is 0 Å². The molecule has 0 spiro atoms. The lowest BCUT2D eigenvalue weighted by Gasteiger charge is -2.30. The number of thiol groups is 1. The lowest BCUT2D eigenvalue weighted by atomic mass is 10.1. The maximum Gasteiger partial charge on any atom is 0.411 e. The molecule has 1 amide bonds. The number of aromatic nitrogens is 3. The van der Waals surface area contributed by atoms with Gasteiger partial charge in [0.05, 0.1) is 19.6 Å². The number of hydrogen-bond donors (Lipinski definition) is 4. The number of nitrogens with two attached hydrogens (primary N) is 1. The highest BCUT2D eigenvalue weighted by atomic mass is 33.1. The first-order valence-corrected chi connectivity index (χ1v) is 16.3. The summed E-state index contributed by atoms with van der Waals surface area (Å²) >= 11 is 0.918. The number of amides is 1. The van der Waals surface area contributed by atoms with Gasteiger partial charge in [-0.3, -0.25) is 5.32 Å². The average molecular weight is 623 g/mol. The summed E-state index contributed by atoms with van der Waals surface area (Å²) in [6, 6.07) is 20.6. The summed E-state index contributed by atoms with van der Waals surface area (Å²) in [6.45, 7) is 6.86. The second kappa shape index (κ2) is 15.3. The zero-order valence-electron chi connectivity index (χ0n) is 26.3. The highest BCUT2D eigenvalue weighted by molar-refractivity contribution is 8.68. The number of nitrogen functional groups attached to an aromatic ring is 1. The summed E-state index contributed by atoms with van der Waals surface area (Å²) in [6.07, 6.45) is 2.36. The number of benzene rings is 2. The molecule has 0 aliphatic heterocycles. The van der Waals surface area contributed by atoms with Crippen molar-refractivity contribution >= 4 is 56.9 Å².